The Morgan fingerprint density at radius 2 is 1.72 bits per heavy atom. The van der Waals surface area contributed by atoms with Gasteiger partial charge in [-0.25, -0.2) is 0 Å². The van der Waals surface area contributed by atoms with Crippen molar-refractivity contribution in [2.24, 2.45) is 5.92 Å². The number of aliphatic hydroxyl groups excluding tert-OH is 1. The fourth-order valence-electron chi connectivity index (χ4n) is 2.97. The average Bonchev–Trinajstić information content (AvgIpc) is 2.81. The summed E-state index contributed by atoms with van der Waals surface area (Å²) in [4.78, 5) is 16.4. The van der Waals surface area contributed by atoms with Gasteiger partial charge in [-0.1, -0.05) is 19.3 Å². The van der Waals surface area contributed by atoms with Crippen LogP contribution in [0, 0.1) is 5.92 Å². The highest BCUT2D eigenvalue weighted by Gasteiger charge is 2.26. The van der Waals surface area contributed by atoms with Crippen LogP contribution >= 0.6 is 0 Å². The molecule has 4 heteroatoms. The minimum Gasteiger partial charge on any atom is -0.396 e. The zero-order valence-corrected chi connectivity index (χ0v) is 11.3. The first-order chi connectivity index (χ1) is 8.79. The molecule has 1 N–H and O–H groups in total. The van der Waals surface area contributed by atoms with Gasteiger partial charge >= 0.3 is 0 Å². The summed E-state index contributed by atoms with van der Waals surface area (Å²) < 4.78 is 0. The first-order valence-electron chi connectivity index (χ1n) is 7.40. The van der Waals surface area contributed by atoms with Gasteiger partial charge in [-0.3, -0.25) is 9.69 Å². The largest absolute Gasteiger partial charge is 0.396 e. The highest BCUT2D eigenvalue weighted by Crippen LogP contribution is 2.16. The molecule has 4 nitrogen and oxygen atoms in total. The molecule has 0 bridgehead atoms. The standard InChI is InChI=1S/C14H26N2O2/c17-12-13-6-9-16(10-13)14(18)11-15-7-4-2-1-3-5-8-15/h13,17H,1-12H2. The second-order valence-corrected chi connectivity index (χ2v) is 5.72. The number of amides is 1. The first-order valence-corrected chi connectivity index (χ1v) is 7.40. The van der Waals surface area contributed by atoms with Crippen molar-refractivity contribution < 1.29 is 9.90 Å². The maximum Gasteiger partial charge on any atom is 0.236 e. The summed E-state index contributed by atoms with van der Waals surface area (Å²) >= 11 is 0. The van der Waals surface area contributed by atoms with Crippen LogP contribution in [0.3, 0.4) is 0 Å². The van der Waals surface area contributed by atoms with Crippen molar-refractivity contribution in [2.75, 3.05) is 39.3 Å². The lowest BCUT2D eigenvalue weighted by Gasteiger charge is -2.26. The van der Waals surface area contributed by atoms with Crippen molar-refractivity contribution in [3.8, 4) is 0 Å². The Kier molecular flexibility index (Phi) is 5.45. The molecule has 0 radical (unpaired) electrons. The monoisotopic (exact) mass is 254 g/mol. The van der Waals surface area contributed by atoms with Gasteiger partial charge in [0.2, 0.25) is 5.91 Å². The summed E-state index contributed by atoms with van der Waals surface area (Å²) in [6, 6.07) is 0. The zero-order valence-electron chi connectivity index (χ0n) is 11.3. The van der Waals surface area contributed by atoms with Crippen LogP contribution < -0.4 is 0 Å². The lowest BCUT2D eigenvalue weighted by atomic mass is 10.1. The van der Waals surface area contributed by atoms with Crippen molar-refractivity contribution in [3.05, 3.63) is 0 Å². The molecule has 1 unspecified atom stereocenters. The summed E-state index contributed by atoms with van der Waals surface area (Å²) in [5, 5.41) is 9.11. The van der Waals surface area contributed by atoms with Crippen molar-refractivity contribution in [3.63, 3.8) is 0 Å². The van der Waals surface area contributed by atoms with Crippen molar-refractivity contribution in [1.29, 1.82) is 0 Å². The Bertz CT molecular complexity index is 263. The normalized spacial score (nSPS) is 26.9. The fourth-order valence-corrected chi connectivity index (χ4v) is 2.97. The molecule has 0 saturated carbocycles. The van der Waals surface area contributed by atoms with Crippen LogP contribution in [0.25, 0.3) is 0 Å². The van der Waals surface area contributed by atoms with Gasteiger partial charge in [0.1, 0.15) is 0 Å². The summed E-state index contributed by atoms with van der Waals surface area (Å²) in [6.45, 7) is 4.53. The summed E-state index contributed by atoms with van der Waals surface area (Å²) in [7, 11) is 0. The predicted molar refractivity (Wildman–Crippen MR) is 71.3 cm³/mol. The SMILES string of the molecule is O=C(CN1CCCCCCC1)N1CCC(CO)C1. The van der Waals surface area contributed by atoms with E-state index in [9.17, 15) is 4.79 Å². The van der Waals surface area contributed by atoms with E-state index in [0.29, 0.717) is 12.5 Å². The number of carbonyl (C=O) groups is 1. The maximum absolute atomic E-state index is 12.2. The Morgan fingerprint density at radius 1 is 1.06 bits per heavy atom. The van der Waals surface area contributed by atoms with Gasteiger partial charge in [0.05, 0.1) is 6.54 Å². The van der Waals surface area contributed by atoms with E-state index in [-0.39, 0.29) is 12.5 Å². The van der Waals surface area contributed by atoms with Crippen LogP contribution in [-0.2, 0) is 4.79 Å². The van der Waals surface area contributed by atoms with Gasteiger partial charge < -0.3 is 10.0 Å². The van der Waals surface area contributed by atoms with Gasteiger partial charge in [0, 0.05) is 25.6 Å². The molecule has 2 saturated heterocycles. The number of carbonyl (C=O) groups excluding carboxylic acids is 1. The highest BCUT2D eigenvalue weighted by atomic mass is 16.3. The fraction of sp³-hybridized carbons (Fsp3) is 0.929. The van der Waals surface area contributed by atoms with E-state index in [1.54, 1.807) is 0 Å². The van der Waals surface area contributed by atoms with Gasteiger partial charge in [-0.15, -0.1) is 0 Å². The molecule has 0 spiro atoms. The lowest BCUT2D eigenvalue weighted by molar-refractivity contribution is -0.131. The van der Waals surface area contributed by atoms with Gasteiger partial charge in [0.25, 0.3) is 0 Å². The Labute approximate surface area is 110 Å². The van der Waals surface area contributed by atoms with Gasteiger partial charge in [-0.2, -0.15) is 0 Å². The number of nitrogens with zero attached hydrogens (tertiary/aromatic N) is 2. The molecule has 2 aliphatic rings. The summed E-state index contributed by atoms with van der Waals surface area (Å²) in [5.74, 6) is 0.563. The second-order valence-electron chi connectivity index (χ2n) is 5.72. The maximum atomic E-state index is 12.2. The summed E-state index contributed by atoms with van der Waals surface area (Å²) in [6.07, 6.45) is 7.38. The molecule has 2 heterocycles. The highest BCUT2D eigenvalue weighted by molar-refractivity contribution is 5.78. The third-order valence-corrected chi connectivity index (χ3v) is 4.20. The van der Waals surface area contributed by atoms with Crippen molar-refractivity contribution in [2.45, 2.75) is 38.5 Å². The van der Waals surface area contributed by atoms with Crippen LogP contribution in [0.2, 0.25) is 0 Å². The molecule has 2 rings (SSSR count). The molecule has 0 aliphatic carbocycles. The molecule has 1 amide bonds. The second kappa shape index (κ2) is 7.10. The lowest BCUT2D eigenvalue weighted by Crippen LogP contribution is -2.40. The van der Waals surface area contributed by atoms with Crippen LogP contribution in [-0.4, -0.2) is 60.1 Å². The number of hydrogen-bond donors (Lipinski definition) is 1. The minimum absolute atomic E-state index is 0.216. The third kappa shape index (κ3) is 3.95. The van der Waals surface area contributed by atoms with E-state index in [0.717, 1.165) is 32.6 Å². The quantitative estimate of drug-likeness (QED) is 0.820. The van der Waals surface area contributed by atoms with E-state index in [1.807, 2.05) is 4.90 Å². The molecular weight excluding hydrogens is 228 g/mol. The third-order valence-electron chi connectivity index (χ3n) is 4.20. The van der Waals surface area contributed by atoms with E-state index >= 15 is 0 Å². The molecule has 0 aromatic carbocycles. The molecule has 0 aromatic rings. The minimum atomic E-state index is 0.216. The van der Waals surface area contributed by atoms with Crippen LogP contribution in [0.15, 0.2) is 0 Å². The predicted octanol–water partition coefficient (Wildman–Crippen LogP) is 1.09. The van der Waals surface area contributed by atoms with Crippen LogP contribution in [0.1, 0.15) is 38.5 Å². The zero-order chi connectivity index (χ0) is 12.8. The molecular formula is C14H26N2O2. The van der Waals surface area contributed by atoms with Gasteiger partial charge in [-0.05, 0) is 32.4 Å². The van der Waals surface area contributed by atoms with Crippen molar-refractivity contribution >= 4 is 5.91 Å². The van der Waals surface area contributed by atoms with E-state index < -0.39 is 0 Å². The molecule has 104 valence electrons. The van der Waals surface area contributed by atoms with Crippen LogP contribution in [0.5, 0.6) is 0 Å². The average molecular weight is 254 g/mol. The molecule has 2 fully saturated rings. The van der Waals surface area contributed by atoms with Gasteiger partial charge in [0.15, 0.2) is 0 Å². The van der Waals surface area contributed by atoms with Crippen molar-refractivity contribution in [1.82, 2.24) is 9.80 Å². The van der Waals surface area contributed by atoms with Crippen LogP contribution in [0.4, 0.5) is 0 Å². The topological polar surface area (TPSA) is 43.8 Å². The van der Waals surface area contributed by atoms with E-state index in [4.69, 9.17) is 5.11 Å². The molecule has 18 heavy (non-hydrogen) atoms. The smallest absolute Gasteiger partial charge is 0.236 e. The van der Waals surface area contributed by atoms with E-state index in [2.05, 4.69) is 4.90 Å². The Balaban J connectivity index is 1.75. The number of rotatable bonds is 3. The number of likely N-dealkylation sites (tertiary alicyclic amines) is 2. The Morgan fingerprint density at radius 3 is 2.33 bits per heavy atom. The van der Waals surface area contributed by atoms with E-state index in [1.165, 1.54) is 32.1 Å². The molecule has 0 aromatic heterocycles. The number of hydrogen-bond acceptors (Lipinski definition) is 3. The first kappa shape index (κ1) is 13.8. The number of aliphatic hydroxyl groups is 1. The molecule has 1 atom stereocenters. The Hall–Kier alpha value is -0.610. The molecule has 2 aliphatic heterocycles. The summed E-state index contributed by atoms with van der Waals surface area (Å²) in [5.41, 5.74) is 0.